The van der Waals surface area contributed by atoms with Crippen LogP contribution in [-0.4, -0.2) is 43.8 Å². The topological polar surface area (TPSA) is 90.7 Å². The molecular formula is C27H33FN2O5. The van der Waals surface area contributed by atoms with E-state index in [1.54, 1.807) is 36.3 Å². The van der Waals surface area contributed by atoms with E-state index in [4.69, 9.17) is 9.47 Å². The van der Waals surface area contributed by atoms with Crippen molar-refractivity contribution in [2.75, 3.05) is 0 Å². The van der Waals surface area contributed by atoms with Gasteiger partial charge in [0, 0.05) is 35.6 Å². The second-order valence-electron chi connectivity index (χ2n) is 11.7. The van der Waals surface area contributed by atoms with Crippen LogP contribution in [0.15, 0.2) is 42.5 Å². The summed E-state index contributed by atoms with van der Waals surface area (Å²) in [6, 6.07) is 0. The summed E-state index contributed by atoms with van der Waals surface area (Å²) in [7, 11) is 0. The molecule has 0 radical (unpaired) electrons. The van der Waals surface area contributed by atoms with Gasteiger partial charge in [-0.3, -0.25) is 9.36 Å². The molecule has 1 aromatic heterocycles. The first-order chi connectivity index (χ1) is 16.5. The van der Waals surface area contributed by atoms with E-state index in [1.165, 1.54) is 12.2 Å². The van der Waals surface area contributed by atoms with Gasteiger partial charge in [-0.1, -0.05) is 32.4 Å². The second kappa shape index (κ2) is 6.91. The lowest BCUT2D eigenvalue weighted by molar-refractivity contribution is -0.283. The lowest BCUT2D eigenvalue weighted by Gasteiger charge is -2.62. The Morgan fingerprint density at radius 3 is 2.74 bits per heavy atom. The van der Waals surface area contributed by atoms with Crippen molar-refractivity contribution >= 4 is 11.8 Å². The van der Waals surface area contributed by atoms with E-state index in [0.29, 0.717) is 25.7 Å². The van der Waals surface area contributed by atoms with Crippen molar-refractivity contribution in [1.29, 1.82) is 0 Å². The zero-order chi connectivity index (χ0) is 25.0. The molecule has 4 aliphatic carbocycles. The lowest BCUT2D eigenvalue weighted by Crippen LogP contribution is -2.69. The number of ether oxygens (including phenoxy) is 2. The predicted octanol–water partition coefficient (Wildman–Crippen LogP) is 3.83. The minimum atomic E-state index is -1.95. The number of cyclic esters (lactones) is 1. The first kappa shape index (κ1) is 23.1. The molecule has 6 rings (SSSR count). The van der Waals surface area contributed by atoms with Gasteiger partial charge in [-0.05, 0) is 56.6 Å². The summed E-state index contributed by atoms with van der Waals surface area (Å²) in [6.45, 7) is 7.64. The highest BCUT2D eigenvalue weighted by molar-refractivity contribution is 6.01. The standard InChI is InChI=1S/C27H33FN2O5/c1-5-25(30-11-10-29-15-30)34-22(33)27(35-25)16(2)12-20-19-7-6-17-13-18(31)8-9-23(17,3)26(19,28)21(32)14-24(20,27)4/h8-11,13,15-16,19-21,32H,5-7,12,14H2,1-4H3/t16-,19-,20-,21-,23-,24-,25-,26-,27-/m0/s1. The van der Waals surface area contributed by atoms with Crippen molar-refractivity contribution < 1.29 is 28.6 Å². The molecule has 3 saturated carbocycles. The number of esters is 1. The average Bonchev–Trinajstić information content (AvgIpc) is 3.50. The molecule has 188 valence electrons. The number of ketones is 1. The number of aromatic nitrogens is 2. The third-order valence-corrected chi connectivity index (χ3v) is 10.4. The van der Waals surface area contributed by atoms with Gasteiger partial charge in [0.15, 0.2) is 17.1 Å². The van der Waals surface area contributed by atoms with Gasteiger partial charge in [-0.15, -0.1) is 0 Å². The summed E-state index contributed by atoms with van der Waals surface area (Å²) in [5.41, 5.74) is -4.40. The maximum atomic E-state index is 17.4. The maximum Gasteiger partial charge on any atom is 0.343 e. The molecule has 1 N–H and O–H groups in total. The van der Waals surface area contributed by atoms with Crippen LogP contribution >= 0.6 is 0 Å². The number of alkyl halides is 1. The maximum absolute atomic E-state index is 17.4. The molecule has 35 heavy (non-hydrogen) atoms. The highest BCUT2D eigenvalue weighted by Crippen LogP contribution is 2.73. The van der Waals surface area contributed by atoms with Crippen LogP contribution in [0.25, 0.3) is 0 Å². The third kappa shape index (κ3) is 2.45. The molecule has 7 nitrogen and oxygen atoms in total. The molecule has 0 amide bonds. The van der Waals surface area contributed by atoms with E-state index in [0.717, 1.165) is 5.57 Å². The number of carbonyl (C=O) groups is 2. The molecule has 4 fully saturated rings. The SMILES string of the molecule is CC[C@]1(n2ccnc2)OC(=O)[C@@]2(O1)[C@@H](C)C[C@H]1[C@@H]3CCC4=CC(=O)C=C[C@]4(C)[C@@]3(F)[C@@H](O)C[C@@]12C. The van der Waals surface area contributed by atoms with Crippen LogP contribution in [0.3, 0.4) is 0 Å². The first-order valence-electron chi connectivity index (χ1n) is 12.7. The normalized spacial score (nSPS) is 50.5. The minimum absolute atomic E-state index is 0.0679. The fourth-order valence-electron chi connectivity index (χ4n) is 8.61. The Morgan fingerprint density at radius 2 is 2.06 bits per heavy atom. The highest BCUT2D eigenvalue weighted by atomic mass is 19.1. The van der Waals surface area contributed by atoms with Gasteiger partial charge in [0.05, 0.1) is 12.4 Å². The van der Waals surface area contributed by atoms with Gasteiger partial charge in [0.1, 0.15) is 0 Å². The van der Waals surface area contributed by atoms with Gasteiger partial charge in [-0.2, -0.15) is 0 Å². The van der Waals surface area contributed by atoms with Crippen LogP contribution < -0.4 is 0 Å². The van der Waals surface area contributed by atoms with Crippen LogP contribution in [0.5, 0.6) is 0 Å². The van der Waals surface area contributed by atoms with Crippen molar-refractivity contribution in [3.63, 3.8) is 0 Å². The predicted molar refractivity (Wildman–Crippen MR) is 123 cm³/mol. The molecule has 0 bridgehead atoms. The number of rotatable bonds is 2. The molecule has 1 aromatic rings. The van der Waals surface area contributed by atoms with Crippen LogP contribution in [0.1, 0.15) is 59.8 Å². The van der Waals surface area contributed by atoms with Gasteiger partial charge >= 0.3 is 11.9 Å². The fraction of sp³-hybridized carbons (Fsp3) is 0.667. The van der Waals surface area contributed by atoms with E-state index in [1.807, 2.05) is 20.8 Å². The van der Waals surface area contributed by atoms with Crippen molar-refractivity contribution in [2.45, 2.75) is 83.1 Å². The Bertz CT molecular complexity index is 1160. The van der Waals surface area contributed by atoms with E-state index in [9.17, 15) is 14.7 Å². The first-order valence-corrected chi connectivity index (χ1v) is 12.7. The van der Waals surface area contributed by atoms with Gasteiger partial charge in [0.25, 0.3) is 0 Å². The monoisotopic (exact) mass is 484 g/mol. The number of fused-ring (bicyclic) bond motifs is 6. The van der Waals surface area contributed by atoms with Crippen LogP contribution in [0.2, 0.25) is 0 Å². The summed E-state index contributed by atoms with van der Waals surface area (Å²) < 4.78 is 31.8. The Hall–Kier alpha value is -2.32. The molecule has 1 aliphatic heterocycles. The quantitative estimate of drug-likeness (QED) is 0.642. The van der Waals surface area contributed by atoms with E-state index in [-0.39, 0.29) is 24.0 Å². The Morgan fingerprint density at radius 1 is 1.29 bits per heavy atom. The van der Waals surface area contributed by atoms with Gasteiger partial charge < -0.3 is 14.6 Å². The lowest BCUT2D eigenvalue weighted by atomic mass is 9.45. The average molecular weight is 485 g/mol. The molecule has 8 heteroatoms. The Labute approximate surface area is 204 Å². The smallest absolute Gasteiger partial charge is 0.343 e. The number of halogens is 1. The zero-order valence-corrected chi connectivity index (χ0v) is 20.7. The van der Waals surface area contributed by atoms with Crippen LogP contribution in [-0.2, 0) is 25.0 Å². The number of aliphatic hydroxyl groups is 1. The Balaban J connectivity index is 1.45. The van der Waals surface area contributed by atoms with E-state index < -0.39 is 46.0 Å². The molecule has 2 heterocycles. The van der Waals surface area contributed by atoms with E-state index >= 15 is 4.39 Å². The summed E-state index contributed by atoms with van der Waals surface area (Å²) >= 11 is 0. The summed E-state index contributed by atoms with van der Waals surface area (Å²) in [5.74, 6) is -2.83. The van der Waals surface area contributed by atoms with Crippen molar-refractivity contribution in [3.8, 4) is 0 Å². The molecule has 0 unspecified atom stereocenters. The van der Waals surface area contributed by atoms with E-state index in [2.05, 4.69) is 4.98 Å². The molecular weight excluding hydrogens is 451 g/mol. The largest absolute Gasteiger partial charge is 0.411 e. The third-order valence-electron chi connectivity index (χ3n) is 10.4. The fourth-order valence-corrected chi connectivity index (χ4v) is 8.61. The van der Waals surface area contributed by atoms with Crippen molar-refractivity contribution in [1.82, 2.24) is 9.55 Å². The Kier molecular flexibility index (Phi) is 4.56. The molecule has 1 saturated heterocycles. The highest BCUT2D eigenvalue weighted by Gasteiger charge is 2.80. The number of allylic oxidation sites excluding steroid dienone is 4. The number of nitrogens with zero attached hydrogens (tertiary/aromatic N) is 2. The summed E-state index contributed by atoms with van der Waals surface area (Å²) in [6.07, 6.45) is 10.3. The number of hydrogen-bond donors (Lipinski definition) is 1. The number of carbonyl (C=O) groups excluding carboxylic acids is 2. The molecule has 0 aromatic carbocycles. The number of hydrogen-bond acceptors (Lipinski definition) is 6. The zero-order valence-electron chi connectivity index (χ0n) is 20.7. The van der Waals surface area contributed by atoms with Crippen LogP contribution in [0, 0.1) is 28.6 Å². The number of aliphatic hydroxyl groups excluding tert-OH is 1. The molecule has 1 spiro atoms. The molecule has 9 atom stereocenters. The van der Waals surface area contributed by atoms with Gasteiger partial charge in [-0.25, -0.2) is 14.2 Å². The molecule has 5 aliphatic rings. The van der Waals surface area contributed by atoms with Gasteiger partial charge in [0.2, 0.25) is 0 Å². The summed E-state index contributed by atoms with van der Waals surface area (Å²) in [5, 5.41) is 11.6. The van der Waals surface area contributed by atoms with Crippen molar-refractivity contribution in [2.24, 2.45) is 28.6 Å². The second-order valence-corrected chi connectivity index (χ2v) is 11.7. The minimum Gasteiger partial charge on any atom is -0.411 e. The summed E-state index contributed by atoms with van der Waals surface area (Å²) in [4.78, 5) is 30.0. The van der Waals surface area contributed by atoms with Crippen LogP contribution in [0.4, 0.5) is 4.39 Å². The number of imidazole rings is 1. The van der Waals surface area contributed by atoms with Crippen molar-refractivity contribution in [3.05, 3.63) is 42.5 Å².